The van der Waals surface area contributed by atoms with Gasteiger partial charge in [-0.2, -0.15) is 0 Å². The first-order valence-electron chi connectivity index (χ1n) is 10.6. The van der Waals surface area contributed by atoms with Gasteiger partial charge in [-0.1, -0.05) is 48.5 Å². The highest BCUT2D eigenvalue weighted by atomic mass is 19.3. The Kier molecular flexibility index (Phi) is 7.63. The molecule has 2 amide bonds. The van der Waals surface area contributed by atoms with Crippen molar-refractivity contribution in [1.29, 1.82) is 0 Å². The van der Waals surface area contributed by atoms with Gasteiger partial charge in [-0.15, -0.1) is 0 Å². The van der Waals surface area contributed by atoms with Crippen LogP contribution in [0.15, 0.2) is 48.5 Å². The van der Waals surface area contributed by atoms with Crippen molar-refractivity contribution in [1.82, 2.24) is 10.2 Å². The molecule has 9 heteroatoms. The number of carbonyl (C=O) groups is 3. The molecule has 2 aromatic carbocycles. The van der Waals surface area contributed by atoms with Crippen LogP contribution >= 0.6 is 0 Å². The van der Waals surface area contributed by atoms with Gasteiger partial charge in [0.1, 0.15) is 19.2 Å². The zero-order valence-electron chi connectivity index (χ0n) is 18.3. The van der Waals surface area contributed by atoms with Gasteiger partial charge in [0, 0.05) is 18.4 Å². The SMILES string of the molecule is CC(C)N(CC(=O)O)C(=O)C(CC(F)F)NC(=O)OCC1c2ccccc2-c2ccccc21. The Hall–Kier alpha value is -3.49. The number of carboxylic acids is 1. The van der Waals surface area contributed by atoms with Crippen molar-refractivity contribution in [2.45, 2.75) is 44.7 Å². The molecule has 0 bridgehead atoms. The Morgan fingerprint density at radius 1 is 1.03 bits per heavy atom. The number of hydrogen-bond donors (Lipinski definition) is 2. The quantitative estimate of drug-likeness (QED) is 0.592. The zero-order valence-corrected chi connectivity index (χ0v) is 18.3. The minimum absolute atomic E-state index is 0.0432. The van der Waals surface area contributed by atoms with Crippen LogP contribution in [0.1, 0.15) is 37.3 Å². The number of ether oxygens (including phenoxy) is 1. The average molecular weight is 460 g/mol. The maximum Gasteiger partial charge on any atom is 0.407 e. The van der Waals surface area contributed by atoms with Crippen molar-refractivity contribution in [2.24, 2.45) is 0 Å². The zero-order chi connectivity index (χ0) is 24.1. The van der Waals surface area contributed by atoms with Gasteiger partial charge in [-0.05, 0) is 36.1 Å². The largest absolute Gasteiger partial charge is 0.480 e. The van der Waals surface area contributed by atoms with Crippen LogP contribution < -0.4 is 5.32 Å². The summed E-state index contributed by atoms with van der Waals surface area (Å²) in [6.07, 6.45) is -4.85. The van der Waals surface area contributed by atoms with Gasteiger partial charge in [0.2, 0.25) is 12.3 Å². The number of carbonyl (C=O) groups excluding carboxylic acids is 2. The van der Waals surface area contributed by atoms with Crippen molar-refractivity contribution in [2.75, 3.05) is 13.2 Å². The Morgan fingerprint density at radius 2 is 1.58 bits per heavy atom. The standard InChI is InChI=1S/C24H26F2N2O5/c1-14(2)28(12-22(29)30)23(31)20(11-21(25)26)27-24(32)33-13-19-17-9-5-3-7-15(17)16-8-4-6-10-18(16)19/h3-10,14,19-21H,11-13H2,1-2H3,(H,27,32)(H,29,30). The molecule has 7 nitrogen and oxygen atoms in total. The minimum atomic E-state index is -2.88. The number of rotatable bonds is 9. The molecule has 1 aliphatic carbocycles. The Balaban J connectivity index is 1.71. The molecule has 176 valence electrons. The third-order valence-electron chi connectivity index (χ3n) is 5.56. The lowest BCUT2D eigenvalue weighted by Gasteiger charge is -2.29. The van der Waals surface area contributed by atoms with Gasteiger partial charge in [-0.25, -0.2) is 13.6 Å². The molecule has 2 aromatic rings. The van der Waals surface area contributed by atoms with Crippen LogP contribution in [-0.4, -0.2) is 59.6 Å². The van der Waals surface area contributed by atoms with Gasteiger partial charge in [0.15, 0.2) is 0 Å². The number of halogens is 2. The fourth-order valence-electron chi connectivity index (χ4n) is 4.04. The number of fused-ring (bicyclic) bond motifs is 3. The number of nitrogens with one attached hydrogen (secondary N) is 1. The first-order chi connectivity index (χ1) is 15.7. The monoisotopic (exact) mass is 460 g/mol. The van der Waals surface area contributed by atoms with E-state index in [0.29, 0.717) is 0 Å². The van der Waals surface area contributed by atoms with Crippen molar-refractivity contribution in [3.8, 4) is 11.1 Å². The smallest absolute Gasteiger partial charge is 0.407 e. The van der Waals surface area contributed by atoms with Gasteiger partial charge in [0.25, 0.3) is 0 Å². The number of amides is 2. The van der Waals surface area contributed by atoms with Crippen molar-refractivity contribution in [3.63, 3.8) is 0 Å². The van der Waals surface area contributed by atoms with Crippen molar-refractivity contribution >= 4 is 18.0 Å². The Bertz CT molecular complexity index is 982. The van der Waals surface area contributed by atoms with Crippen molar-refractivity contribution in [3.05, 3.63) is 59.7 Å². The van der Waals surface area contributed by atoms with Crippen LogP contribution in [0.25, 0.3) is 11.1 Å². The van der Waals surface area contributed by atoms with Crippen LogP contribution in [0.2, 0.25) is 0 Å². The number of alkyl carbamates (subject to hydrolysis) is 1. The van der Waals surface area contributed by atoms with E-state index >= 15 is 0 Å². The molecule has 0 heterocycles. The minimum Gasteiger partial charge on any atom is -0.480 e. The fraction of sp³-hybridized carbons (Fsp3) is 0.375. The predicted molar refractivity (Wildman–Crippen MR) is 117 cm³/mol. The summed E-state index contributed by atoms with van der Waals surface area (Å²) in [5.41, 5.74) is 4.04. The van der Waals surface area contributed by atoms with Crippen LogP contribution in [0.5, 0.6) is 0 Å². The molecule has 0 spiro atoms. The van der Waals surface area contributed by atoms with E-state index < -0.39 is 49.4 Å². The van der Waals surface area contributed by atoms with Gasteiger partial charge in [0.05, 0.1) is 0 Å². The summed E-state index contributed by atoms with van der Waals surface area (Å²) < 4.78 is 31.6. The molecule has 0 fully saturated rings. The molecule has 33 heavy (non-hydrogen) atoms. The van der Waals surface area contributed by atoms with E-state index in [2.05, 4.69) is 5.32 Å². The van der Waals surface area contributed by atoms with Crippen LogP contribution in [-0.2, 0) is 14.3 Å². The molecule has 3 rings (SSSR count). The van der Waals surface area contributed by atoms with E-state index in [9.17, 15) is 23.2 Å². The molecule has 1 atom stereocenters. The summed E-state index contributed by atoms with van der Waals surface area (Å²) >= 11 is 0. The van der Waals surface area contributed by atoms with Gasteiger partial charge >= 0.3 is 12.1 Å². The maximum absolute atomic E-state index is 13.1. The molecule has 0 saturated carbocycles. The highest BCUT2D eigenvalue weighted by molar-refractivity contribution is 5.88. The molecule has 1 aliphatic rings. The number of hydrogen-bond acceptors (Lipinski definition) is 4. The lowest BCUT2D eigenvalue weighted by molar-refractivity contribution is -0.147. The van der Waals surface area contributed by atoms with Gasteiger partial charge < -0.3 is 20.1 Å². The highest BCUT2D eigenvalue weighted by Crippen LogP contribution is 2.44. The highest BCUT2D eigenvalue weighted by Gasteiger charge is 2.33. The van der Waals surface area contributed by atoms with E-state index in [0.717, 1.165) is 27.2 Å². The molecule has 0 aromatic heterocycles. The second-order valence-corrected chi connectivity index (χ2v) is 8.10. The molecule has 2 N–H and O–H groups in total. The van der Waals surface area contributed by atoms with E-state index in [1.54, 1.807) is 13.8 Å². The van der Waals surface area contributed by atoms with Gasteiger partial charge in [-0.3, -0.25) is 9.59 Å². The Morgan fingerprint density at radius 3 is 2.06 bits per heavy atom. The number of alkyl halides is 2. The Labute approximate surface area is 190 Å². The number of nitrogens with zero attached hydrogens (tertiary/aromatic N) is 1. The second kappa shape index (κ2) is 10.4. The van der Waals surface area contributed by atoms with Crippen molar-refractivity contribution < 1.29 is 33.0 Å². The van der Waals surface area contributed by atoms with E-state index in [1.165, 1.54) is 0 Å². The molecular formula is C24H26F2N2O5. The molecular weight excluding hydrogens is 434 g/mol. The van der Waals surface area contributed by atoms with Crippen LogP contribution in [0.4, 0.5) is 13.6 Å². The maximum atomic E-state index is 13.1. The first-order valence-corrected chi connectivity index (χ1v) is 10.6. The van der Waals surface area contributed by atoms with E-state index in [4.69, 9.17) is 9.84 Å². The molecule has 0 radical (unpaired) electrons. The van der Waals surface area contributed by atoms with Crippen LogP contribution in [0, 0.1) is 0 Å². The summed E-state index contributed by atoms with van der Waals surface area (Å²) in [4.78, 5) is 37.2. The third kappa shape index (κ3) is 5.66. The van der Waals surface area contributed by atoms with Crippen LogP contribution in [0.3, 0.4) is 0 Å². The molecule has 1 unspecified atom stereocenters. The summed E-state index contributed by atoms with van der Waals surface area (Å²) in [5, 5.41) is 11.2. The average Bonchev–Trinajstić information content (AvgIpc) is 3.08. The normalized spacial score (nSPS) is 13.4. The second-order valence-electron chi connectivity index (χ2n) is 8.10. The number of benzene rings is 2. The fourth-order valence-corrected chi connectivity index (χ4v) is 4.04. The number of carboxylic acid groups (broad SMARTS) is 1. The summed E-state index contributed by atoms with van der Waals surface area (Å²) in [6, 6.07) is 13.3. The lowest BCUT2D eigenvalue weighted by atomic mass is 9.98. The summed E-state index contributed by atoms with van der Waals surface area (Å²) in [6.45, 7) is 2.42. The summed E-state index contributed by atoms with van der Waals surface area (Å²) in [5.74, 6) is -2.42. The molecule has 0 saturated heterocycles. The number of aliphatic carboxylic acids is 1. The lowest BCUT2D eigenvalue weighted by Crippen LogP contribution is -2.52. The third-order valence-corrected chi connectivity index (χ3v) is 5.56. The first kappa shape index (κ1) is 24.2. The predicted octanol–water partition coefficient (Wildman–Crippen LogP) is 3.87. The molecule has 0 aliphatic heterocycles. The topological polar surface area (TPSA) is 95.9 Å². The van der Waals surface area contributed by atoms with E-state index in [1.807, 2.05) is 48.5 Å². The van der Waals surface area contributed by atoms with E-state index in [-0.39, 0.29) is 12.5 Å². The summed E-state index contributed by atoms with van der Waals surface area (Å²) in [7, 11) is 0.